The summed E-state index contributed by atoms with van der Waals surface area (Å²) in [5, 5.41) is 0. The van der Waals surface area contributed by atoms with E-state index < -0.39 is 5.82 Å². The maximum Gasteiger partial charge on any atom is 0.183 e. The summed E-state index contributed by atoms with van der Waals surface area (Å²) in [6.07, 6.45) is 5.51. The number of aromatic nitrogens is 4. The molecule has 4 heterocycles. The van der Waals surface area contributed by atoms with Gasteiger partial charge in [0.15, 0.2) is 17.4 Å². The van der Waals surface area contributed by atoms with Crippen LogP contribution >= 0.6 is 0 Å². The van der Waals surface area contributed by atoms with Crippen molar-refractivity contribution in [1.82, 2.24) is 19.9 Å². The van der Waals surface area contributed by atoms with Gasteiger partial charge in [0, 0.05) is 43.5 Å². The molecule has 126 valence electrons. The maximum absolute atomic E-state index is 13.5. The molecular formula is C18H16FN5O. The Bertz CT molecular complexity index is 903. The second kappa shape index (κ2) is 6.43. The van der Waals surface area contributed by atoms with Crippen molar-refractivity contribution in [1.29, 1.82) is 0 Å². The number of pyridine rings is 2. The highest BCUT2D eigenvalue weighted by Gasteiger charge is 2.21. The third-order valence-corrected chi connectivity index (χ3v) is 4.18. The first-order valence-corrected chi connectivity index (χ1v) is 7.95. The minimum absolute atomic E-state index is 0.192. The van der Waals surface area contributed by atoms with Gasteiger partial charge < -0.3 is 9.64 Å². The molecule has 0 spiro atoms. The number of halogens is 1. The van der Waals surface area contributed by atoms with E-state index in [4.69, 9.17) is 4.74 Å². The Kier molecular flexibility index (Phi) is 3.97. The third kappa shape index (κ3) is 3.00. The Labute approximate surface area is 144 Å². The number of nitrogens with zero attached hydrogens (tertiary/aromatic N) is 5. The molecule has 0 amide bonds. The Balaban J connectivity index is 1.60. The molecule has 0 N–H and O–H groups in total. The summed E-state index contributed by atoms with van der Waals surface area (Å²) in [6.45, 7) is 1.37. The SMILES string of the molecule is COc1cc(N2CCc3nc(-c4ccccn4)ncc3C2)ncc1F. The first kappa shape index (κ1) is 15.4. The molecule has 1 aliphatic rings. The molecule has 0 radical (unpaired) electrons. The molecule has 1 aliphatic heterocycles. The fourth-order valence-corrected chi connectivity index (χ4v) is 2.87. The van der Waals surface area contributed by atoms with Crippen molar-refractivity contribution in [2.45, 2.75) is 13.0 Å². The number of rotatable bonds is 3. The Morgan fingerprint density at radius 2 is 2.08 bits per heavy atom. The Morgan fingerprint density at radius 1 is 1.16 bits per heavy atom. The lowest BCUT2D eigenvalue weighted by Gasteiger charge is -2.29. The first-order chi connectivity index (χ1) is 12.2. The molecule has 0 atom stereocenters. The summed E-state index contributed by atoms with van der Waals surface area (Å²) < 4.78 is 18.6. The van der Waals surface area contributed by atoms with Gasteiger partial charge in [-0.1, -0.05) is 6.07 Å². The Morgan fingerprint density at radius 3 is 2.88 bits per heavy atom. The van der Waals surface area contributed by atoms with Gasteiger partial charge in [0.05, 0.1) is 19.0 Å². The molecule has 0 saturated carbocycles. The molecule has 6 nitrogen and oxygen atoms in total. The molecule has 4 rings (SSSR count). The number of fused-ring (bicyclic) bond motifs is 1. The highest BCUT2D eigenvalue weighted by atomic mass is 19.1. The van der Waals surface area contributed by atoms with Crippen LogP contribution in [0.1, 0.15) is 11.3 Å². The monoisotopic (exact) mass is 337 g/mol. The largest absolute Gasteiger partial charge is 0.493 e. The van der Waals surface area contributed by atoms with Crippen LogP contribution in [0.15, 0.2) is 42.9 Å². The minimum atomic E-state index is -0.466. The lowest BCUT2D eigenvalue weighted by Crippen LogP contribution is -2.32. The average molecular weight is 337 g/mol. The lowest BCUT2D eigenvalue weighted by atomic mass is 10.1. The molecule has 7 heteroatoms. The smallest absolute Gasteiger partial charge is 0.183 e. The van der Waals surface area contributed by atoms with Gasteiger partial charge in [-0.3, -0.25) is 4.98 Å². The van der Waals surface area contributed by atoms with Gasteiger partial charge in [-0.05, 0) is 12.1 Å². The van der Waals surface area contributed by atoms with Gasteiger partial charge in [-0.15, -0.1) is 0 Å². The predicted octanol–water partition coefficient (Wildman–Crippen LogP) is 2.64. The van der Waals surface area contributed by atoms with E-state index in [-0.39, 0.29) is 5.75 Å². The van der Waals surface area contributed by atoms with Crippen molar-refractivity contribution in [3.8, 4) is 17.3 Å². The number of hydrogen-bond acceptors (Lipinski definition) is 6. The summed E-state index contributed by atoms with van der Waals surface area (Å²) in [6, 6.07) is 7.29. The van der Waals surface area contributed by atoms with Gasteiger partial charge >= 0.3 is 0 Å². The highest BCUT2D eigenvalue weighted by molar-refractivity contribution is 5.51. The van der Waals surface area contributed by atoms with Gasteiger partial charge in [-0.2, -0.15) is 0 Å². The standard InChI is InChI=1S/C18H16FN5O/c1-25-16-8-17(21-10-13(16)19)24-7-5-14-12(11-24)9-22-18(23-14)15-4-2-3-6-20-15/h2-4,6,8-10H,5,7,11H2,1H3. The van der Waals surface area contributed by atoms with Crippen molar-refractivity contribution >= 4 is 5.82 Å². The van der Waals surface area contributed by atoms with Crippen LogP contribution in [0.4, 0.5) is 10.2 Å². The van der Waals surface area contributed by atoms with Crippen molar-refractivity contribution in [3.05, 3.63) is 59.9 Å². The van der Waals surface area contributed by atoms with Crippen molar-refractivity contribution < 1.29 is 9.13 Å². The molecule has 0 saturated heterocycles. The van der Waals surface area contributed by atoms with Gasteiger partial charge in [0.1, 0.15) is 11.5 Å². The van der Waals surface area contributed by atoms with Crippen molar-refractivity contribution in [3.63, 3.8) is 0 Å². The Hall–Kier alpha value is -3.09. The molecule has 0 aromatic carbocycles. The molecule has 0 bridgehead atoms. The van der Waals surface area contributed by atoms with E-state index in [9.17, 15) is 4.39 Å². The second-order valence-corrected chi connectivity index (χ2v) is 5.73. The summed E-state index contributed by atoms with van der Waals surface area (Å²) in [4.78, 5) is 19.6. The summed E-state index contributed by atoms with van der Waals surface area (Å²) in [5.41, 5.74) is 2.81. The van der Waals surface area contributed by atoms with Crippen LogP contribution in [0.3, 0.4) is 0 Å². The zero-order chi connectivity index (χ0) is 17.2. The quantitative estimate of drug-likeness (QED) is 0.732. The molecule has 0 fully saturated rings. The third-order valence-electron chi connectivity index (χ3n) is 4.18. The zero-order valence-corrected chi connectivity index (χ0v) is 13.7. The van der Waals surface area contributed by atoms with Crippen molar-refractivity contribution in [2.75, 3.05) is 18.6 Å². The van der Waals surface area contributed by atoms with Crippen LogP contribution in [-0.4, -0.2) is 33.6 Å². The molecular weight excluding hydrogens is 321 g/mol. The maximum atomic E-state index is 13.5. The van der Waals surface area contributed by atoms with Gasteiger partial charge in [0.25, 0.3) is 0 Å². The van der Waals surface area contributed by atoms with Crippen LogP contribution in [0.25, 0.3) is 11.5 Å². The van der Waals surface area contributed by atoms with Crippen LogP contribution in [-0.2, 0) is 13.0 Å². The molecule has 25 heavy (non-hydrogen) atoms. The summed E-state index contributed by atoms with van der Waals surface area (Å²) in [7, 11) is 1.45. The number of methoxy groups -OCH3 is 1. The number of ether oxygens (including phenoxy) is 1. The first-order valence-electron chi connectivity index (χ1n) is 7.95. The van der Waals surface area contributed by atoms with E-state index in [0.717, 1.165) is 29.9 Å². The molecule has 3 aromatic heterocycles. The van der Waals surface area contributed by atoms with E-state index in [1.54, 1.807) is 12.3 Å². The summed E-state index contributed by atoms with van der Waals surface area (Å²) in [5.74, 6) is 1.04. The van der Waals surface area contributed by atoms with Gasteiger partial charge in [0.2, 0.25) is 0 Å². The predicted molar refractivity (Wildman–Crippen MR) is 90.8 cm³/mol. The minimum Gasteiger partial charge on any atom is -0.493 e. The van der Waals surface area contributed by atoms with E-state index >= 15 is 0 Å². The normalized spacial score (nSPS) is 13.4. The van der Waals surface area contributed by atoms with E-state index in [1.807, 2.05) is 24.4 Å². The van der Waals surface area contributed by atoms with Crippen LogP contribution in [0, 0.1) is 5.82 Å². The summed E-state index contributed by atoms with van der Waals surface area (Å²) >= 11 is 0. The van der Waals surface area contributed by atoms with Crippen LogP contribution < -0.4 is 9.64 Å². The zero-order valence-electron chi connectivity index (χ0n) is 13.7. The van der Waals surface area contributed by atoms with E-state index in [0.29, 0.717) is 18.2 Å². The van der Waals surface area contributed by atoms with Crippen LogP contribution in [0.5, 0.6) is 5.75 Å². The van der Waals surface area contributed by atoms with Crippen LogP contribution in [0.2, 0.25) is 0 Å². The highest BCUT2D eigenvalue weighted by Crippen LogP contribution is 2.26. The van der Waals surface area contributed by atoms with Crippen molar-refractivity contribution in [2.24, 2.45) is 0 Å². The second-order valence-electron chi connectivity index (χ2n) is 5.73. The van der Waals surface area contributed by atoms with E-state index in [1.165, 1.54) is 13.3 Å². The fourth-order valence-electron chi connectivity index (χ4n) is 2.87. The lowest BCUT2D eigenvalue weighted by molar-refractivity contribution is 0.385. The topological polar surface area (TPSA) is 64.0 Å². The number of anilines is 1. The fraction of sp³-hybridized carbons (Fsp3) is 0.222. The molecule has 0 unspecified atom stereocenters. The molecule has 0 aliphatic carbocycles. The average Bonchev–Trinajstić information content (AvgIpc) is 2.68. The van der Waals surface area contributed by atoms with Gasteiger partial charge in [-0.25, -0.2) is 19.3 Å². The molecule has 3 aromatic rings. The van der Waals surface area contributed by atoms with E-state index in [2.05, 4.69) is 24.8 Å². The number of hydrogen-bond donors (Lipinski definition) is 0.